The van der Waals surface area contributed by atoms with E-state index in [9.17, 15) is 18.0 Å². The second-order valence-electron chi connectivity index (χ2n) is 7.66. The Morgan fingerprint density at radius 2 is 1.79 bits per heavy atom. The number of carbonyl (C=O) groups is 1. The SMILES string of the molecule is Cc1cc(C(=O)CN2C[C@@H](C)O[C@@H](C)C2)c(C)n1-c1ccc(Cl)c(C(F)(F)F)c1. The summed E-state index contributed by atoms with van der Waals surface area (Å²) in [5, 5.41) is -0.351. The molecule has 29 heavy (non-hydrogen) atoms. The molecule has 0 spiro atoms. The summed E-state index contributed by atoms with van der Waals surface area (Å²) in [6.45, 7) is 9.03. The standard InChI is InChI=1S/C21H24ClF3N2O2/c1-12-7-17(20(28)11-26-9-13(2)29-14(3)10-26)15(4)27(12)16-5-6-19(22)18(8-16)21(23,24)25/h5-8,13-14H,9-11H2,1-4H3/t13-,14+. The molecule has 0 amide bonds. The molecule has 1 saturated heterocycles. The molecule has 1 fully saturated rings. The number of aryl methyl sites for hydroxylation is 1. The Bertz CT molecular complexity index is 913. The predicted molar refractivity (Wildman–Crippen MR) is 106 cm³/mol. The second kappa shape index (κ2) is 8.13. The lowest BCUT2D eigenvalue weighted by Gasteiger charge is -2.34. The van der Waals surface area contributed by atoms with Crippen LogP contribution in [0, 0.1) is 13.8 Å². The van der Waals surface area contributed by atoms with Crippen molar-refractivity contribution in [3.05, 3.63) is 51.8 Å². The number of Topliss-reactive ketones (excluding diaryl/α,β-unsaturated/α-hetero) is 1. The monoisotopic (exact) mass is 428 g/mol. The number of morpholine rings is 1. The summed E-state index contributed by atoms with van der Waals surface area (Å²) in [7, 11) is 0. The van der Waals surface area contributed by atoms with E-state index in [1.807, 2.05) is 13.8 Å². The first-order valence-corrected chi connectivity index (χ1v) is 9.82. The van der Waals surface area contributed by atoms with Crippen LogP contribution in [0.3, 0.4) is 0 Å². The molecule has 1 aromatic carbocycles. The molecule has 1 aromatic heterocycles. The molecule has 0 saturated carbocycles. The normalized spacial score (nSPS) is 20.8. The largest absolute Gasteiger partial charge is 0.417 e. The number of benzene rings is 1. The van der Waals surface area contributed by atoms with Crippen molar-refractivity contribution in [2.24, 2.45) is 0 Å². The number of carbonyl (C=O) groups excluding carboxylic acids is 1. The molecule has 0 N–H and O–H groups in total. The minimum absolute atomic E-state index is 0.0499. The van der Waals surface area contributed by atoms with Gasteiger partial charge >= 0.3 is 6.18 Å². The Kier molecular flexibility index (Phi) is 6.13. The van der Waals surface area contributed by atoms with Crippen LogP contribution in [0.25, 0.3) is 5.69 Å². The highest BCUT2D eigenvalue weighted by molar-refractivity contribution is 6.31. The van der Waals surface area contributed by atoms with Gasteiger partial charge in [-0.15, -0.1) is 0 Å². The van der Waals surface area contributed by atoms with Crippen molar-refractivity contribution in [3.63, 3.8) is 0 Å². The maximum Gasteiger partial charge on any atom is 0.417 e. The first kappa shape index (κ1) is 21.9. The summed E-state index contributed by atoms with van der Waals surface area (Å²) in [5.41, 5.74) is 1.23. The van der Waals surface area contributed by atoms with Gasteiger partial charge < -0.3 is 9.30 Å². The Balaban J connectivity index is 1.90. The van der Waals surface area contributed by atoms with Gasteiger partial charge in [0.25, 0.3) is 0 Å². The lowest BCUT2D eigenvalue weighted by molar-refractivity contribution is -0.137. The number of aromatic nitrogens is 1. The van der Waals surface area contributed by atoms with Crippen molar-refractivity contribution in [1.82, 2.24) is 9.47 Å². The predicted octanol–water partition coefficient (Wildman–Crippen LogP) is 5.06. The molecule has 0 bridgehead atoms. The van der Waals surface area contributed by atoms with Crippen LogP contribution in [0.2, 0.25) is 5.02 Å². The highest BCUT2D eigenvalue weighted by Gasteiger charge is 2.34. The average Bonchev–Trinajstić information content (AvgIpc) is 2.88. The molecular formula is C21H24ClF3N2O2. The number of alkyl halides is 3. The molecule has 1 aliphatic heterocycles. The molecule has 158 valence electrons. The first-order valence-electron chi connectivity index (χ1n) is 9.44. The Labute approximate surface area is 173 Å². The molecule has 2 heterocycles. The smallest absolute Gasteiger partial charge is 0.373 e. The molecule has 0 radical (unpaired) electrons. The summed E-state index contributed by atoms with van der Waals surface area (Å²) < 4.78 is 47.1. The number of ketones is 1. The molecular weight excluding hydrogens is 405 g/mol. The minimum atomic E-state index is -4.55. The lowest BCUT2D eigenvalue weighted by atomic mass is 10.1. The van der Waals surface area contributed by atoms with Crippen molar-refractivity contribution in [2.45, 2.75) is 46.1 Å². The van der Waals surface area contributed by atoms with Gasteiger partial charge in [-0.1, -0.05) is 11.6 Å². The number of ether oxygens (including phenoxy) is 1. The number of hydrogen-bond acceptors (Lipinski definition) is 3. The number of rotatable bonds is 4. The van der Waals surface area contributed by atoms with E-state index >= 15 is 0 Å². The Morgan fingerprint density at radius 1 is 1.17 bits per heavy atom. The van der Waals surface area contributed by atoms with Crippen LogP contribution in [0.4, 0.5) is 13.2 Å². The van der Waals surface area contributed by atoms with Gasteiger partial charge in [-0.3, -0.25) is 9.69 Å². The van der Waals surface area contributed by atoms with Crippen LogP contribution >= 0.6 is 11.6 Å². The van der Waals surface area contributed by atoms with Gasteiger partial charge in [0.05, 0.1) is 29.3 Å². The Morgan fingerprint density at radius 3 is 2.38 bits per heavy atom. The zero-order chi connectivity index (χ0) is 21.5. The zero-order valence-electron chi connectivity index (χ0n) is 16.8. The zero-order valence-corrected chi connectivity index (χ0v) is 17.6. The van der Waals surface area contributed by atoms with E-state index in [0.717, 1.165) is 6.07 Å². The summed E-state index contributed by atoms with van der Waals surface area (Å²) in [4.78, 5) is 15.0. The first-order chi connectivity index (χ1) is 13.5. The van der Waals surface area contributed by atoms with Gasteiger partial charge in [0.2, 0.25) is 0 Å². The number of halogens is 4. The fourth-order valence-electron chi connectivity index (χ4n) is 4.01. The number of nitrogens with zero attached hydrogens (tertiary/aromatic N) is 2. The van der Waals surface area contributed by atoms with Crippen LogP contribution in [0.5, 0.6) is 0 Å². The van der Waals surface area contributed by atoms with Crippen molar-refractivity contribution < 1.29 is 22.7 Å². The van der Waals surface area contributed by atoms with Crippen molar-refractivity contribution >= 4 is 17.4 Å². The van der Waals surface area contributed by atoms with Crippen LogP contribution < -0.4 is 0 Å². The quantitative estimate of drug-likeness (QED) is 0.638. The maximum absolute atomic E-state index is 13.2. The molecule has 3 rings (SSSR count). The topological polar surface area (TPSA) is 34.5 Å². The van der Waals surface area contributed by atoms with Gasteiger partial charge in [-0.2, -0.15) is 13.2 Å². The summed E-state index contributed by atoms with van der Waals surface area (Å²) in [6, 6.07) is 5.50. The lowest BCUT2D eigenvalue weighted by Crippen LogP contribution is -2.47. The molecule has 0 unspecified atom stereocenters. The third kappa shape index (κ3) is 4.68. The van der Waals surface area contributed by atoms with Crippen LogP contribution in [-0.4, -0.2) is 47.1 Å². The fraction of sp³-hybridized carbons (Fsp3) is 0.476. The molecule has 2 aromatic rings. The highest BCUT2D eigenvalue weighted by atomic mass is 35.5. The molecule has 2 atom stereocenters. The van der Waals surface area contributed by atoms with Crippen LogP contribution in [0.1, 0.15) is 41.2 Å². The average molecular weight is 429 g/mol. The Hall–Kier alpha value is -1.83. The summed E-state index contributed by atoms with van der Waals surface area (Å²) in [5.74, 6) is -0.0596. The van der Waals surface area contributed by atoms with E-state index in [1.54, 1.807) is 24.5 Å². The summed E-state index contributed by atoms with van der Waals surface area (Å²) >= 11 is 5.74. The molecule has 8 heteroatoms. The summed E-state index contributed by atoms with van der Waals surface area (Å²) in [6.07, 6.45) is -4.45. The third-order valence-corrected chi connectivity index (χ3v) is 5.44. The van der Waals surface area contributed by atoms with Gasteiger partial charge in [-0.05, 0) is 52.0 Å². The van der Waals surface area contributed by atoms with E-state index in [1.165, 1.54) is 12.1 Å². The maximum atomic E-state index is 13.2. The van der Waals surface area contributed by atoms with Gasteiger partial charge in [0.15, 0.2) is 5.78 Å². The van der Waals surface area contributed by atoms with E-state index in [0.29, 0.717) is 35.7 Å². The van der Waals surface area contributed by atoms with Crippen LogP contribution in [-0.2, 0) is 10.9 Å². The van der Waals surface area contributed by atoms with Crippen LogP contribution in [0.15, 0.2) is 24.3 Å². The number of hydrogen-bond donors (Lipinski definition) is 0. The van der Waals surface area contributed by atoms with Crippen molar-refractivity contribution in [3.8, 4) is 5.69 Å². The highest BCUT2D eigenvalue weighted by Crippen LogP contribution is 2.36. The molecule has 1 aliphatic rings. The van der Waals surface area contributed by atoms with E-state index in [-0.39, 0.29) is 29.6 Å². The second-order valence-corrected chi connectivity index (χ2v) is 8.06. The molecule has 0 aliphatic carbocycles. The van der Waals surface area contributed by atoms with E-state index in [2.05, 4.69) is 4.90 Å². The van der Waals surface area contributed by atoms with Gasteiger partial charge in [0, 0.05) is 35.7 Å². The van der Waals surface area contributed by atoms with Crippen molar-refractivity contribution in [2.75, 3.05) is 19.6 Å². The molecule has 4 nitrogen and oxygen atoms in total. The van der Waals surface area contributed by atoms with Crippen molar-refractivity contribution in [1.29, 1.82) is 0 Å². The fourth-order valence-corrected chi connectivity index (χ4v) is 4.24. The third-order valence-electron chi connectivity index (χ3n) is 5.11. The van der Waals surface area contributed by atoms with Gasteiger partial charge in [0.1, 0.15) is 0 Å². The van der Waals surface area contributed by atoms with E-state index < -0.39 is 11.7 Å². The van der Waals surface area contributed by atoms with Gasteiger partial charge in [-0.25, -0.2) is 0 Å². The minimum Gasteiger partial charge on any atom is -0.373 e. The van der Waals surface area contributed by atoms with E-state index in [4.69, 9.17) is 16.3 Å².